The Morgan fingerprint density at radius 1 is 1.08 bits per heavy atom. The van der Waals surface area contributed by atoms with E-state index in [4.69, 9.17) is 41.8 Å². The van der Waals surface area contributed by atoms with Crippen molar-refractivity contribution < 1.29 is 33.3 Å². The minimum absolute atomic E-state index is 0.00515. The van der Waals surface area contributed by atoms with Gasteiger partial charge in [-0.25, -0.2) is 0 Å². The smallest absolute Gasteiger partial charge is 0.296 e. The summed E-state index contributed by atoms with van der Waals surface area (Å²) in [6.07, 6.45) is 1.42. The Kier molecular flexibility index (Phi) is 7.47. The summed E-state index contributed by atoms with van der Waals surface area (Å²) in [4.78, 5) is 27.8. The number of nitrogens with zero attached hydrogens (tertiary/aromatic N) is 1. The van der Waals surface area contributed by atoms with Crippen molar-refractivity contribution in [2.75, 3.05) is 20.8 Å². The second-order valence-corrected chi connectivity index (χ2v) is 8.59. The molecule has 0 bridgehead atoms. The van der Waals surface area contributed by atoms with Crippen molar-refractivity contribution in [3.8, 4) is 17.2 Å². The molecule has 1 amide bonds. The van der Waals surface area contributed by atoms with Crippen LogP contribution < -0.4 is 14.2 Å². The average molecular weight is 532 g/mol. The fraction of sp³-hybridized carbons (Fsp3) is 0.231. The maximum Gasteiger partial charge on any atom is 0.296 e. The topological polar surface area (TPSA) is 98.4 Å². The molecule has 1 aliphatic heterocycles. The molecule has 2 heterocycles. The van der Waals surface area contributed by atoms with Gasteiger partial charge in [0.1, 0.15) is 28.3 Å². The number of amides is 1. The Bertz CT molecular complexity index is 1330. The van der Waals surface area contributed by atoms with Crippen LogP contribution in [0.3, 0.4) is 0 Å². The number of aliphatic hydroxyl groups is 1. The molecule has 1 fully saturated rings. The molecule has 2 aromatic carbocycles. The number of benzene rings is 2. The van der Waals surface area contributed by atoms with Gasteiger partial charge in [-0.2, -0.15) is 0 Å². The van der Waals surface area contributed by atoms with Crippen molar-refractivity contribution >= 4 is 40.7 Å². The number of furan rings is 1. The van der Waals surface area contributed by atoms with Gasteiger partial charge in [0, 0.05) is 6.54 Å². The van der Waals surface area contributed by atoms with Crippen molar-refractivity contribution in [3.05, 3.63) is 81.2 Å². The van der Waals surface area contributed by atoms with Crippen molar-refractivity contribution in [2.24, 2.45) is 0 Å². The largest absolute Gasteiger partial charge is 0.507 e. The van der Waals surface area contributed by atoms with E-state index in [1.54, 1.807) is 30.3 Å². The molecule has 36 heavy (non-hydrogen) atoms. The molecule has 3 aromatic rings. The van der Waals surface area contributed by atoms with E-state index in [1.807, 2.05) is 13.0 Å². The van der Waals surface area contributed by atoms with Gasteiger partial charge >= 0.3 is 0 Å². The molecule has 0 spiro atoms. The second-order valence-electron chi connectivity index (χ2n) is 7.81. The van der Waals surface area contributed by atoms with Crippen LogP contribution in [0.15, 0.2) is 58.7 Å². The molecule has 1 aliphatic rings. The predicted molar refractivity (Wildman–Crippen MR) is 134 cm³/mol. The number of rotatable bonds is 8. The monoisotopic (exact) mass is 531 g/mol. The van der Waals surface area contributed by atoms with E-state index in [0.29, 0.717) is 18.1 Å². The van der Waals surface area contributed by atoms with E-state index in [2.05, 4.69) is 0 Å². The minimum Gasteiger partial charge on any atom is -0.507 e. The zero-order valence-electron chi connectivity index (χ0n) is 19.7. The molecule has 8 nitrogen and oxygen atoms in total. The first kappa shape index (κ1) is 25.5. The van der Waals surface area contributed by atoms with Gasteiger partial charge in [-0.1, -0.05) is 35.3 Å². The number of Topliss-reactive ketones (excluding diaryl/α,β-unsaturated/α-hetero) is 1. The first-order chi connectivity index (χ1) is 17.3. The number of carbonyl (C=O) groups excluding carboxylic acids is 2. The van der Waals surface area contributed by atoms with Crippen LogP contribution in [0.25, 0.3) is 5.76 Å². The summed E-state index contributed by atoms with van der Waals surface area (Å²) in [6.45, 7) is 2.41. The van der Waals surface area contributed by atoms with E-state index < -0.39 is 23.5 Å². The highest BCUT2D eigenvalue weighted by Crippen LogP contribution is 2.47. The normalized spacial score (nSPS) is 16.9. The lowest BCUT2D eigenvalue weighted by Crippen LogP contribution is -2.29. The molecule has 4 rings (SSSR count). The van der Waals surface area contributed by atoms with E-state index in [9.17, 15) is 14.7 Å². The van der Waals surface area contributed by atoms with Crippen molar-refractivity contribution in [2.45, 2.75) is 19.5 Å². The fourth-order valence-electron chi connectivity index (χ4n) is 4.17. The Balaban J connectivity index is 1.87. The van der Waals surface area contributed by atoms with Gasteiger partial charge in [-0.3, -0.25) is 9.59 Å². The molecule has 0 radical (unpaired) electrons. The predicted octanol–water partition coefficient (Wildman–Crippen LogP) is 5.62. The Labute approximate surface area is 217 Å². The Morgan fingerprint density at radius 2 is 1.83 bits per heavy atom. The summed E-state index contributed by atoms with van der Waals surface area (Å²) in [6, 6.07) is 10.8. The van der Waals surface area contributed by atoms with Crippen LogP contribution in [0.5, 0.6) is 17.2 Å². The van der Waals surface area contributed by atoms with E-state index in [0.717, 1.165) is 5.56 Å². The number of ether oxygens (including phenoxy) is 3. The van der Waals surface area contributed by atoms with E-state index in [1.165, 1.54) is 31.4 Å². The molecule has 1 aromatic heterocycles. The quantitative estimate of drug-likeness (QED) is 0.228. The van der Waals surface area contributed by atoms with Crippen LogP contribution in [-0.4, -0.2) is 42.5 Å². The van der Waals surface area contributed by atoms with Gasteiger partial charge in [0.05, 0.1) is 43.2 Å². The lowest BCUT2D eigenvalue weighted by molar-refractivity contribution is -0.140. The van der Waals surface area contributed by atoms with Crippen LogP contribution >= 0.6 is 23.2 Å². The minimum atomic E-state index is -1.01. The van der Waals surface area contributed by atoms with Crippen LogP contribution in [0.2, 0.25) is 10.0 Å². The number of likely N-dealkylation sites (tertiary alicyclic amines) is 1. The van der Waals surface area contributed by atoms with Crippen LogP contribution in [0.1, 0.15) is 29.9 Å². The maximum atomic E-state index is 13.3. The number of ketones is 1. The highest BCUT2D eigenvalue weighted by Gasteiger charge is 2.48. The second kappa shape index (κ2) is 10.6. The molecular formula is C26H23Cl2NO7. The molecule has 188 valence electrons. The van der Waals surface area contributed by atoms with Crippen LogP contribution in [-0.2, 0) is 16.1 Å². The highest BCUT2D eigenvalue weighted by molar-refractivity contribution is 6.46. The third kappa shape index (κ3) is 4.50. The number of hydrogen-bond acceptors (Lipinski definition) is 7. The summed E-state index contributed by atoms with van der Waals surface area (Å²) in [5.41, 5.74) is 0.570. The zero-order chi connectivity index (χ0) is 26.0. The van der Waals surface area contributed by atoms with Gasteiger partial charge in [0.25, 0.3) is 11.7 Å². The standard InChI is InChI=1S/C26H23Cl2NO7/c1-4-35-15-8-5-7-14(11-15)13-29-21(18-9-6-10-36-18)19(23(31)26(29)32)22(30)16-12-17(27)25(34-3)20(28)24(16)33-2/h5-12,21,30H,4,13H2,1-3H3/b22-19-. The SMILES string of the molecule is CCOc1cccc(CN2C(=O)C(=O)/C(=C(\O)c3cc(Cl)c(OC)c(Cl)c3OC)C2c2ccco2)c1. The molecule has 1 atom stereocenters. The third-order valence-corrected chi connectivity index (χ3v) is 6.33. The maximum absolute atomic E-state index is 13.3. The number of carbonyl (C=O) groups is 2. The molecule has 0 saturated carbocycles. The van der Waals surface area contributed by atoms with Gasteiger partial charge in [-0.05, 0) is 42.8 Å². The number of aliphatic hydroxyl groups excluding tert-OH is 1. The summed E-state index contributed by atoms with van der Waals surface area (Å²) < 4.78 is 21.7. The number of methoxy groups -OCH3 is 2. The number of halogens is 2. The molecule has 1 N–H and O–H groups in total. The zero-order valence-corrected chi connectivity index (χ0v) is 21.2. The lowest BCUT2D eigenvalue weighted by atomic mass is 9.98. The fourth-order valence-corrected chi connectivity index (χ4v) is 4.86. The molecular weight excluding hydrogens is 509 g/mol. The summed E-state index contributed by atoms with van der Waals surface area (Å²) >= 11 is 12.7. The van der Waals surface area contributed by atoms with Crippen LogP contribution in [0, 0.1) is 0 Å². The molecule has 1 unspecified atom stereocenters. The van der Waals surface area contributed by atoms with Crippen molar-refractivity contribution in [3.63, 3.8) is 0 Å². The first-order valence-corrected chi connectivity index (χ1v) is 11.7. The molecule has 1 saturated heterocycles. The van der Waals surface area contributed by atoms with Gasteiger partial charge in [0.15, 0.2) is 11.5 Å². The summed E-state index contributed by atoms with van der Waals surface area (Å²) in [5.74, 6) is -1.10. The van der Waals surface area contributed by atoms with Crippen LogP contribution in [0.4, 0.5) is 0 Å². The van der Waals surface area contributed by atoms with Gasteiger partial charge < -0.3 is 28.6 Å². The van der Waals surface area contributed by atoms with Crippen molar-refractivity contribution in [1.82, 2.24) is 4.90 Å². The molecule has 10 heteroatoms. The first-order valence-electron chi connectivity index (χ1n) is 11.0. The Morgan fingerprint density at radius 3 is 2.47 bits per heavy atom. The molecule has 0 aliphatic carbocycles. The summed E-state index contributed by atoms with van der Waals surface area (Å²) in [7, 11) is 2.73. The average Bonchev–Trinajstić information content (AvgIpc) is 3.47. The lowest BCUT2D eigenvalue weighted by Gasteiger charge is -2.24. The van der Waals surface area contributed by atoms with Crippen molar-refractivity contribution in [1.29, 1.82) is 0 Å². The number of hydrogen-bond donors (Lipinski definition) is 1. The Hall–Kier alpha value is -3.62. The van der Waals surface area contributed by atoms with E-state index in [-0.39, 0.29) is 39.2 Å². The highest BCUT2D eigenvalue weighted by atomic mass is 35.5. The third-order valence-electron chi connectivity index (χ3n) is 5.71. The van der Waals surface area contributed by atoms with Gasteiger partial charge in [0.2, 0.25) is 0 Å². The summed E-state index contributed by atoms with van der Waals surface area (Å²) in [5, 5.41) is 11.5. The van der Waals surface area contributed by atoms with Gasteiger partial charge in [-0.15, -0.1) is 0 Å². The van der Waals surface area contributed by atoms with E-state index >= 15 is 0 Å².